The molecule has 4 rings (SSSR count). The smallest absolute Gasteiger partial charge is 0.157 e. The Morgan fingerprint density at radius 3 is 2.54 bits per heavy atom. The number of benzene rings is 2. The maximum atomic E-state index is 9.54. The number of nitrogens with one attached hydrogen (secondary N) is 1. The number of hydrogen-bond acceptors (Lipinski definition) is 3. The van der Waals surface area contributed by atoms with Crippen LogP contribution in [0.15, 0.2) is 54.6 Å². The van der Waals surface area contributed by atoms with Gasteiger partial charge in [-0.2, -0.15) is 5.26 Å². The first-order chi connectivity index (χ1) is 11.7. The quantitative estimate of drug-likeness (QED) is 0.582. The van der Waals surface area contributed by atoms with Crippen LogP contribution in [0.4, 0.5) is 11.5 Å². The molecule has 4 heteroatoms. The summed E-state index contributed by atoms with van der Waals surface area (Å²) in [6.07, 6.45) is 0. The third-order valence-corrected chi connectivity index (χ3v) is 4.29. The molecular weight excluding hydrogens is 296 g/mol. The van der Waals surface area contributed by atoms with Gasteiger partial charge in [0, 0.05) is 5.69 Å². The van der Waals surface area contributed by atoms with Crippen LogP contribution in [0, 0.1) is 25.2 Å². The van der Waals surface area contributed by atoms with Crippen molar-refractivity contribution in [1.29, 1.82) is 5.26 Å². The highest BCUT2D eigenvalue weighted by Gasteiger charge is 2.15. The summed E-state index contributed by atoms with van der Waals surface area (Å²) in [6.45, 7) is 4.02. The lowest BCUT2D eigenvalue weighted by Gasteiger charge is -2.14. The number of aromatic nitrogens is 2. The average Bonchev–Trinajstić information content (AvgIpc) is 2.96. The first-order valence-electron chi connectivity index (χ1n) is 7.82. The van der Waals surface area contributed by atoms with Crippen molar-refractivity contribution in [3.8, 4) is 6.07 Å². The van der Waals surface area contributed by atoms with Crippen molar-refractivity contribution in [2.75, 3.05) is 5.32 Å². The molecule has 4 aromatic rings. The van der Waals surface area contributed by atoms with Crippen molar-refractivity contribution < 1.29 is 0 Å². The molecule has 0 bridgehead atoms. The minimum absolute atomic E-state index is 0.613. The SMILES string of the molecule is Cc1ccccc1Nc1cc(C)c(C#N)c2nc3ccccc3n12. The second-order valence-electron chi connectivity index (χ2n) is 5.90. The van der Waals surface area contributed by atoms with Gasteiger partial charge >= 0.3 is 0 Å². The second-order valence-corrected chi connectivity index (χ2v) is 5.90. The van der Waals surface area contributed by atoms with Gasteiger partial charge in [-0.05, 0) is 49.2 Å². The Balaban J connectivity index is 2.05. The highest BCUT2D eigenvalue weighted by Crippen LogP contribution is 2.29. The van der Waals surface area contributed by atoms with E-state index < -0.39 is 0 Å². The number of fused-ring (bicyclic) bond motifs is 3. The molecule has 0 unspecified atom stereocenters. The number of rotatable bonds is 2. The number of nitrogens with zero attached hydrogens (tertiary/aromatic N) is 3. The number of pyridine rings is 1. The van der Waals surface area contributed by atoms with Gasteiger partial charge in [0.1, 0.15) is 11.9 Å². The Labute approximate surface area is 140 Å². The van der Waals surface area contributed by atoms with Gasteiger partial charge in [0.15, 0.2) is 5.65 Å². The predicted molar refractivity (Wildman–Crippen MR) is 96.6 cm³/mol. The van der Waals surface area contributed by atoms with Gasteiger partial charge in [0.25, 0.3) is 0 Å². The standard InChI is InChI=1S/C20H16N4/c1-13-7-3-4-8-16(13)22-19-11-14(2)15(12-21)20-23-17-9-5-6-10-18(17)24(19)20/h3-11,22H,1-2H3. The molecule has 0 aliphatic carbocycles. The number of nitriles is 1. The molecule has 0 spiro atoms. The predicted octanol–water partition coefficient (Wildman–Crippen LogP) is 4.72. The lowest BCUT2D eigenvalue weighted by atomic mass is 10.1. The maximum Gasteiger partial charge on any atom is 0.157 e. The first-order valence-corrected chi connectivity index (χ1v) is 7.82. The monoisotopic (exact) mass is 312 g/mol. The van der Waals surface area contributed by atoms with E-state index in [0.29, 0.717) is 11.2 Å². The number of para-hydroxylation sites is 3. The zero-order valence-electron chi connectivity index (χ0n) is 13.5. The molecule has 2 aromatic heterocycles. The van der Waals surface area contributed by atoms with E-state index in [2.05, 4.69) is 29.4 Å². The molecule has 2 heterocycles. The van der Waals surface area contributed by atoms with E-state index in [9.17, 15) is 5.26 Å². The lowest BCUT2D eigenvalue weighted by Crippen LogP contribution is -2.02. The number of anilines is 2. The largest absolute Gasteiger partial charge is 0.341 e. The molecule has 0 atom stereocenters. The Kier molecular flexibility index (Phi) is 3.21. The number of hydrogen-bond donors (Lipinski definition) is 1. The third-order valence-electron chi connectivity index (χ3n) is 4.29. The summed E-state index contributed by atoms with van der Waals surface area (Å²) in [4.78, 5) is 4.67. The van der Waals surface area contributed by atoms with Gasteiger partial charge in [0.05, 0.1) is 16.6 Å². The Morgan fingerprint density at radius 2 is 1.75 bits per heavy atom. The van der Waals surface area contributed by atoms with Crippen LogP contribution in [0.2, 0.25) is 0 Å². The van der Waals surface area contributed by atoms with E-state index in [4.69, 9.17) is 0 Å². The summed E-state index contributed by atoms with van der Waals surface area (Å²) >= 11 is 0. The van der Waals surface area contributed by atoms with Crippen LogP contribution in [0.3, 0.4) is 0 Å². The zero-order valence-corrected chi connectivity index (χ0v) is 13.5. The molecule has 2 aromatic carbocycles. The minimum Gasteiger partial charge on any atom is -0.341 e. The van der Waals surface area contributed by atoms with Gasteiger partial charge in [0.2, 0.25) is 0 Å². The van der Waals surface area contributed by atoms with E-state index in [1.54, 1.807) is 0 Å². The molecular formula is C20H16N4. The van der Waals surface area contributed by atoms with E-state index in [1.165, 1.54) is 0 Å². The maximum absolute atomic E-state index is 9.54. The fraction of sp³-hybridized carbons (Fsp3) is 0.100. The minimum atomic E-state index is 0.613. The normalized spacial score (nSPS) is 10.9. The van der Waals surface area contributed by atoms with Gasteiger partial charge in [-0.15, -0.1) is 0 Å². The highest BCUT2D eigenvalue weighted by atomic mass is 15.1. The van der Waals surface area contributed by atoms with Crippen LogP contribution < -0.4 is 5.32 Å². The molecule has 0 saturated heterocycles. The van der Waals surface area contributed by atoms with Crippen molar-refractivity contribution in [2.24, 2.45) is 0 Å². The van der Waals surface area contributed by atoms with E-state index in [0.717, 1.165) is 33.7 Å². The van der Waals surface area contributed by atoms with Crippen LogP contribution in [-0.4, -0.2) is 9.38 Å². The fourth-order valence-corrected chi connectivity index (χ4v) is 3.04. The second kappa shape index (κ2) is 5.39. The third kappa shape index (κ3) is 2.10. The summed E-state index contributed by atoms with van der Waals surface area (Å²) in [7, 11) is 0. The van der Waals surface area contributed by atoms with Crippen LogP contribution in [0.1, 0.15) is 16.7 Å². The average molecular weight is 312 g/mol. The van der Waals surface area contributed by atoms with Gasteiger partial charge in [-0.25, -0.2) is 4.98 Å². The van der Waals surface area contributed by atoms with Crippen molar-refractivity contribution in [3.63, 3.8) is 0 Å². The lowest BCUT2D eigenvalue weighted by molar-refractivity contribution is 1.18. The van der Waals surface area contributed by atoms with Crippen LogP contribution in [0.5, 0.6) is 0 Å². The number of aryl methyl sites for hydroxylation is 2. The van der Waals surface area contributed by atoms with E-state index >= 15 is 0 Å². The molecule has 24 heavy (non-hydrogen) atoms. The van der Waals surface area contributed by atoms with Gasteiger partial charge < -0.3 is 5.32 Å². The first kappa shape index (κ1) is 14.3. The zero-order chi connectivity index (χ0) is 16.7. The molecule has 0 radical (unpaired) electrons. The van der Waals surface area contributed by atoms with E-state index in [-0.39, 0.29) is 0 Å². The molecule has 1 N–H and O–H groups in total. The topological polar surface area (TPSA) is 53.1 Å². The van der Waals surface area contributed by atoms with Crippen molar-refractivity contribution >= 4 is 28.2 Å². The van der Waals surface area contributed by atoms with Crippen LogP contribution in [-0.2, 0) is 0 Å². The molecule has 116 valence electrons. The molecule has 0 fully saturated rings. The highest BCUT2D eigenvalue weighted by molar-refractivity contribution is 5.85. The fourth-order valence-electron chi connectivity index (χ4n) is 3.04. The summed E-state index contributed by atoms with van der Waals surface area (Å²) < 4.78 is 2.02. The van der Waals surface area contributed by atoms with Gasteiger partial charge in [-0.1, -0.05) is 30.3 Å². The molecule has 0 aliphatic rings. The van der Waals surface area contributed by atoms with Crippen molar-refractivity contribution in [2.45, 2.75) is 13.8 Å². The van der Waals surface area contributed by atoms with Crippen LogP contribution in [0.25, 0.3) is 16.7 Å². The summed E-state index contributed by atoms with van der Waals surface area (Å²) in [6, 6.07) is 20.4. The summed E-state index contributed by atoms with van der Waals surface area (Å²) in [5, 5.41) is 13.0. The van der Waals surface area contributed by atoms with Crippen molar-refractivity contribution in [3.05, 3.63) is 71.3 Å². The number of imidazole rings is 1. The summed E-state index contributed by atoms with van der Waals surface area (Å²) in [5.41, 5.74) is 6.29. The van der Waals surface area contributed by atoms with Crippen molar-refractivity contribution in [1.82, 2.24) is 9.38 Å². The van der Waals surface area contributed by atoms with Gasteiger partial charge in [-0.3, -0.25) is 4.40 Å². The molecule has 0 amide bonds. The molecule has 4 nitrogen and oxygen atoms in total. The van der Waals surface area contributed by atoms with E-state index in [1.807, 2.05) is 59.9 Å². The molecule has 0 aliphatic heterocycles. The Morgan fingerprint density at radius 1 is 1.00 bits per heavy atom. The molecule has 0 saturated carbocycles. The Hall–Kier alpha value is -3.32. The summed E-state index contributed by atoms with van der Waals surface area (Å²) in [5.74, 6) is 0.907. The van der Waals surface area contributed by atoms with Crippen LogP contribution >= 0.6 is 0 Å². The Bertz CT molecular complexity index is 1120.